The summed E-state index contributed by atoms with van der Waals surface area (Å²) < 4.78 is 33.2. The molecule has 0 aliphatic heterocycles. The maximum absolute atomic E-state index is 10.2. The molecule has 11 heavy (non-hydrogen) atoms. The second-order valence-corrected chi connectivity index (χ2v) is 3.62. The molecule has 6 heteroatoms. The van der Waals surface area contributed by atoms with Gasteiger partial charge < -0.3 is 9.84 Å². The van der Waals surface area contributed by atoms with Crippen LogP contribution in [-0.2, 0) is 14.9 Å². The summed E-state index contributed by atoms with van der Waals surface area (Å²) in [6.45, 7) is 1.83. The Kier molecular flexibility index (Phi) is 4.58. The van der Waals surface area contributed by atoms with Crippen LogP contribution >= 0.6 is 0 Å². The first-order valence-electron chi connectivity index (χ1n) is 3.20. The van der Waals surface area contributed by atoms with Crippen molar-refractivity contribution in [2.24, 2.45) is 0 Å². The minimum absolute atomic E-state index is 0.368. The zero-order valence-corrected chi connectivity index (χ0v) is 7.04. The van der Waals surface area contributed by atoms with Gasteiger partial charge in [-0.15, -0.1) is 0 Å². The molecule has 0 aromatic heterocycles. The first-order chi connectivity index (χ1) is 4.98. The van der Waals surface area contributed by atoms with Crippen LogP contribution in [0.5, 0.6) is 0 Å². The van der Waals surface area contributed by atoms with Crippen molar-refractivity contribution in [1.29, 1.82) is 0 Å². The van der Waals surface area contributed by atoms with Gasteiger partial charge in [-0.3, -0.25) is 4.55 Å². The van der Waals surface area contributed by atoms with Gasteiger partial charge in [-0.05, 0) is 6.42 Å². The molecule has 0 saturated heterocycles. The van der Waals surface area contributed by atoms with Crippen molar-refractivity contribution in [3.8, 4) is 0 Å². The van der Waals surface area contributed by atoms with Gasteiger partial charge in [0.1, 0.15) is 0 Å². The lowest BCUT2D eigenvalue weighted by molar-refractivity contribution is 0.0698. The van der Waals surface area contributed by atoms with Gasteiger partial charge in [0.15, 0.2) is 0 Å². The van der Waals surface area contributed by atoms with Crippen molar-refractivity contribution in [2.45, 2.75) is 18.8 Å². The van der Waals surface area contributed by atoms with Crippen LogP contribution in [0.25, 0.3) is 0 Å². The molecule has 0 spiro atoms. The largest absolute Gasteiger partial charge is 0.378 e. The van der Waals surface area contributed by atoms with E-state index in [1.807, 2.05) is 6.92 Å². The maximum atomic E-state index is 10.2. The molecule has 1 unspecified atom stereocenters. The normalized spacial score (nSPS) is 14.8. The molecule has 0 heterocycles. The minimum Gasteiger partial charge on any atom is -0.378 e. The summed E-state index contributed by atoms with van der Waals surface area (Å²) >= 11 is 0. The minimum atomic E-state index is -4.35. The van der Waals surface area contributed by atoms with Crippen molar-refractivity contribution < 1.29 is 22.8 Å². The summed E-state index contributed by atoms with van der Waals surface area (Å²) in [7, 11) is -4.35. The molecular weight excluding hydrogens is 172 g/mol. The number of aliphatic hydroxyl groups is 1. The fourth-order valence-electron chi connectivity index (χ4n) is 0.414. The topological polar surface area (TPSA) is 83.8 Å². The van der Waals surface area contributed by atoms with E-state index >= 15 is 0 Å². The highest BCUT2D eigenvalue weighted by molar-refractivity contribution is 7.86. The van der Waals surface area contributed by atoms with Gasteiger partial charge in [0.2, 0.25) is 5.44 Å². The van der Waals surface area contributed by atoms with E-state index in [-0.39, 0.29) is 6.61 Å². The van der Waals surface area contributed by atoms with Crippen LogP contribution in [-0.4, -0.2) is 36.7 Å². The SMILES string of the molecule is CCCOCC(O)S(=O)(=O)O. The Morgan fingerprint density at radius 3 is 2.45 bits per heavy atom. The maximum Gasteiger partial charge on any atom is 0.294 e. The first kappa shape index (κ1) is 10.8. The van der Waals surface area contributed by atoms with Gasteiger partial charge in [-0.2, -0.15) is 8.42 Å². The van der Waals surface area contributed by atoms with E-state index in [0.29, 0.717) is 6.61 Å². The Balaban J connectivity index is 3.62. The number of hydrogen-bond acceptors (Lipinski definition) is 4. The number of aliphatic hydroxyl groups excluding tert-OH is 1. The molecule has 68 valence electrons. The van der Waals surface area contributed by atoms with Gasteiger partial charge >= 0.3 is 0 Å². The molecule has 1 atom stereocenters. The van der Waals surface area contributed by atoms with E-state index in [2.05, 4.69) is 4.74 Å². The zero-order valence-electron chi connectivity index (χ0n) is 6.23. The van der Waals surface area contributed by atoms with Crippen molar-refractivity contribution in [3.63, 3.8) is 0 Å². The Morgan fingerprint density at radius 2 is 2.09 bits per heavy atom. The van der Waals surface area contributed by atoms with Crippen LogP contribution < -0.4 is 0 Å². The van der Waals surface area contributed by atoms with Gasteiger partial charge in [0.05, 0.1) is 6.61 Å². The highest BCUT2D eigenvalue weighted by atomic mass is 32.2. The lowest BCUT2D eigenvalue weighted by Crippen LogP contribution is -2.25. The molecule has 0 aliphatic carbocycles. The van der Waals surface area contributed by atoms with E-state index in [1.165, 1.54) is 0 Å². The summed E-state index contributed by atoms with van der Waals surface area (Å²) in [5, 5.41) is 8.65. The van der Waals surface area contributed by atoms with Crippen LogP contribution in [0.15, 0.2) is 0 Å². The van der Waals surface area contributed by atoms with E-state index in [1.54, 1.807) is 0 Å². The predicted molar refractivity (Wildman–Crippen MR) is 38.7 cm³/mol. The fraction of sp³-hybridized carbons (Fsp3) is 1.00. The van der Waals surface area contributed by atoms with Crippen LogP contribution in [0, 0.1) is 0 Å². The van der Waals surface area contributed by atoms with Crippen LogP contribution in [0.4, 0.5) is 0 Å². The van der Waals surface area contributed by atoms with Gasteiger partial charge in [-0.1, -0.05) is 6.92 Å². The smallest absolute Gasteiger partial charge is 0.294 e. The number of hydrogen-bond donors (Lipinski definition) is 2. The third-order valence-corrected chi connectivity index (χ3v) is 1.78. The second kappa shape index (κ2) is 4.66. The summed E-state index contributed by atoms with van der Waals surface area (Å²) in [4.78, 5) is 0. The van der Waals surface area contributed by atoms with Crippen LogP contribution in [0.2, 0.25) is 0 Å². The van der Waals surface area contributed by atoms with Crippen LogP contribution in [0.3, 0.4) is 0 Å². The zero-order chi connectivity index (χ0) is 8.91. The van der Waals surface area contributed by atoms with Crippen molar-refractivity contribution in [1.82, 2.24) is 0 Å². The lowest BCUT2D eigenvalue weighted by Gasteiger charge is -2.06. The molecule has 0 rings (SSSR count). The highest BCUT2D eigenvalue weighted by Gasteiger charge is 2.18. The number of ether oxygens (including phenoxy) is 1. The van der Waals surface area contributed by atoms with Crippen molar-refractivity contribution in [2.75, 3.05) is 13.2 Å². The Hall–Kier alpha value is -0.170. The molecule has 0 radical (unpaired) electrons. The van der Waals surface area contributed by atoms with E-state index in [9.17, 15) is 8.42 Å². The standard InChI is InChI=1S/C5H12O5S/c1-2-3-10-4-5(6)11(7,8)9/h5-6H,2-4H2,1H3,(H,7,8,9). The lowest BCUT2D eigenvalue weighted by atomic mass is 10.5. The third kappa shape index (κ3) is 5.14. The van der Waals surface area contributed by atoms with E-state index in [0.717, 1.165) is 6.42 Å². The first-order valence-corrected chi connectivity index (χ1v) is 4.71. The molecule has 0 bridgehead atoms. The monoisotopic (exact) mass is 184 g/mol. The second-order valence-electron chi connectivity index (χ2n) is 2.04. The predicted octanol–water partition coefficient (Wildman–Crippen LogP) is -0.381. The average Bonchev–Trinajstić information content (AvgIpc) is 1.86. The molecule has 0 aromatic carbocycles. The molecule has 5 nitrogen and oxygen atoms in total. The molecular formula is C5H12O5S. The Labute approximate surface area is 65.7 Å². The quantitative estimate of drug-likeness (QED) is 0.449. The molecule has 2 N–H and O–H groups in total. The van der Waals surface area contributed by atoms with Gasteiger partial charge in [0, 0.05) is 6.61 Å². The fourth-order valence-corrected chi connectivity index (χ4v) is 0.683. The van der Waals surface area contributed by atoms with Gasteiger partial charge in [-0.25, -0.2) is 0 Å². The molecule has 0 amide bonds. The Morgan fingerprint density at radius 1 is 1.55 bits per heavy atom. The highest BCUT2D eigenvalue weighted by Crippen LogP contribution is 1.94. The summed E-state index contributed by atoms with van der Waals surface area (Å²) in [6, 6.07) is 0. The number of rotatable bonds is 5. The van der Waals surface area contributed by atoms with Gasteiger partial charge in [0.25, 0.3) is 10.1 Å². The van der Waals surface area contributed by atoms with Crippen molar-refractivity contribution in [3.05, 3.63) is 0 Å². The summed E-state index contributed by atoms with van der Waals surface area (Å²) in [5.41, 5.74) is -1.82. The summed E-state index contributed by atoms with van der Waals surface area (Å²) in [5.74, 6) is 0. The third-order valence-electron chi connectivity index (χ3n) is 0.953. The molecule has 0 fully saturated rings. The average molecular weight is 184 g/mol. The Bertz CT molecular complexity index is 185. The molecule has 0 saturated carbocycles. The summed E-state index contributed by atoms with van der Waals surface area (Å²) in [6.07, 6.45) is 0.734. The van der Waals surface area contributed by atoms with Crippen LogP contribution in [0.1, 0.15) is 13.3 Å². The molecule has 0 aromatic rings. The van der Waals surface area contributed by atoms with Crippen molar-refractivity contribution >= 4 is 10.1 Å². The molecule has 0 aliphatic rings. The van der Waals surface area contributed by atoms with E-state index in [4.69, 9.17) is 9.66 Å². The van der Waals surface area contributed by atoms with E-state index < -0.39 is 15.6 Å².